The van der Waals surface area contributed by atoms with Crippen LogP contribution in [0.1, 0.15) is 50.7 Å². The molecule has 1 aliphatic carbocycles. The van der Waals surface area contributed by atoms with Crippen molar-refractivity contribution in [1.82, 2.24) is 10.8 Å². The zero-order valence-corrected chi connectivity index (χ0v) is 19.5. The van der Waals surface area contributed by atoms with Crippen molar-refractivity contribution in [1.29, 1.82) is 0 Å². The first-order chi connectivity index (χ1) is 16.2. The van der Waals surface area contributed by atoms with Crippen molar-refractivity contribution >= 4 is 18.2 Å². The smallest absolute Gasteiger partial charge is 0.431 e. The van der Waals surface area contributed by atoms with Crippen LogP contribution in [0.2, 0.25) is 0 Å². The molecule has 0 fully saturated rings. The van der Waals surface area contributed by atoms with Crippen LogP contribution >= 0.6 is 0 Å². The van der Waals surface area contributed by atoms with E-state index < -0.39 is 29.8 Å². The lowest BCUT2D eigenvalue weighted by Gasteiger charge is -2.19. The normalized spacial score (nSPS) is 13.4. The van der Waals surface area contributed by atoms with E-state index in [9.17, 15) is 19.5 Å². The van der Waals surface area contributed by atoms with E-state index in [0.29, 0.717) is 0 Å². The average molecular weight is 471 g/mol. The molecule has 2 aromatic rings. The van der Waals surface area contributed by atoms with Crippen LogP contribution < -0.4 is 10.8 Å². The standard InChI is InChI=1S/C25H30N2O7/c1-25(2,3)34-24(31)27-33-14-8-13-21(22(28)29)26-23(30)32-15-20-18-11-6-4-9-16(18)17-10-5-7-12-19(17)20/h4-7,9-12,20-21H,8,13-15H2,1-3H3,(H,26,30)(H,27,31)(H,28,29)/t21-/m0/s1. The fraction of sp³-hybridized carbons (Fsp3) is 0.400. The molecule has 1 atom stereocenters. The number of hydrogen-bond acceptors (Lipinski definition) is 6. The third kappa shape index (κ3) is 6.71. The van der Waals surface area contributed by atoms with E-state index in [1.165, 1.54) is 0 Å². The van der Waals surface area contributed by atoms with Crippen molar-refractivity contribution < 1.29 is 33.8 Å². The lowest BCUT2D eigenvalue weighted by atomic mass is 9.98. The van der Waals surface area contributed by atoms with Gasteiger partial charge in [-0.3, -0.25) is 4.84 Å². The second-order valence-corrected chi connectivity index (χ2v) is 8.96. The van der Waals surface area contributed by atoms with Gasteiger partial charge in [0.15, 0.2) is 0 Å². The predicted molar refractivity (Wildman–Crippen MR) is 124 cm³/mol. The van der Waals surface area contributed by atoms with Crippen LogP contribution in [0.15, 0.2) is 48.5 Å². The molecule has 1 aliphatic rings. The predicted octanol–water partition coefficient (Wildman–Crippen LogP) is 4.21. The Kier molecular flexibility index (Phi) is 8.12. The van der Waals surface area contributed by atoms with Crippen molar-refractivity contribution in [2.24, 2.45) is 0 Å². The summed E-state index contributed by atoms with van der Waals surface area (Å²) in [6.07, 6.45) is -1.17. The quantitative estimate of drug-likeness (QED) is 0.370. The summed E-state index contributed by atoms with van der Waals surface area (Å²) in [6.45, 7) is 5.31. The summed E-state index contributed by atoms with van der Waals surface area (Å²) in [6, 6.07) is 14.8. The molecule has 0 saturated carbocycles. The lowest BCUT2D eigenvalue weighted by molar-refractivity contribution is -0.139. The minimum atomic E-state index is -1.19. The van der Waals surface area contributed by atoms with E-state index in [4.69, 9.17) is 14.3 Å². The number of hydroxylamine groups is 1. The first-order valence-electron chi connectivity index (χ1n) is 11.1. The Morgan fingerprint density at radius 3 is 2.12 bits per heavy atom. The number of carbonyl (C=O) groups is 3. The molecule has 2 amide bonds. The molecule has 0 unspecified atom stereocenters. The number of amides is 2. The lowest BCUT2D eigenvalue weighted by Crippen LogP contribution is -2.41. The van der Waals surface area contributed by atoms with Gasteiger partial charge in [0.05, 0.1) is 6.61 Å². The number of fused-ring (bicyclic) bond motifs is 3. The van der Waals surface area contributed by atoms with Gasteiger partial charge >= 0.3 is 18.2 Å². The van der Waals surface area contributed by atoms with Crippen LogP contribution in [-0.2, 0) is 19.1 Å². The number of nitrogens with one attached hydrogen (secondary N) is 2. The molecule has 0 heterocycles. The minimum Gasteiger partial charge on any atom is -0.480 e. The summed E-state index contributed by atoms with van der Waals surface area (Å²) in [5.41, 5.74) is 5.83. The molecule has 0 aromatic heterocycles. The van der Waals surface area contributed by atoms with Gasteiger partial charge in [-0.25, -0.2) is 14.4 Å². The Hall–Kier alpha value is -3.59. The molecule has 3 rings (SSSR count). The highest BCUT2D eigenvalue weighted by atomic mass is 16.7. The molecule has 0 saturated heterocycles. The third-order valence-corrected chi connectivity index (χ3v) is 5.23. The maximum atomic E-state index is 12.3. The van der Waals surface area contributed by atoms with E-state index in [-0.39, 0.29) is 32.0 Å². The highest BCUT2D eigenvalue weighted by molar-refractivity contribution is 5.81. The fourth-order valence-corrected chi connectivity index (χ4v) is 3.81. The molecule has 0 aliphatic heterocycles. The van der Waals surface area contributed by atoms with Crippen molar-refractivity contribution in [2.75, 3.05) is 13.2 Å². The molecule has 9 heteroatoms. The van der Waals surface area contributed by atoms with Gasteiger partial charge in [-0.15, -0.1) is 0 Å². The number of carboxylic acids is 1. The Morgan fingerprint density at radius 2 is 1.56 bits per heavy atom. The van der Waals surface area contributed by atoms with E-state index in [0.717, 1.165) is 22.3 Å². The molecule has 0 bridgehead atoms. The number of rotatable bonds is 9. The van der Waals surface area contributed by atoms with Crippen LogP contribution in [-0.4, -0.2) is 48.1 Å². The third-order valence-electron chi connectivity index (χ3n) is 5.23. The number of benzene rings is 2. The van der Waals surface area contributed by atoms with Crippen LogP contribution in [0.4, 0.5) is 9.59 Å². The molecule has 9 nitrogen and oxygen atoms in total. The highest BCUT2D eigenvalue weighted by Gasteiger charge is 2.29. The Balaban J connectivity index is 1.46. The van der Waals surface area contributed by atoms with E-state index in [2.05, 4.69) is 10.8 Å². The average Bonchev–Trinajstić information content (AvgIpc) is 3.09. The SMILES string of the molecule is CC(C)(C)OC(=O)NOCCC[C@H](NC(=O)OCC1c2ccccc2-c2ccccc21)C(=O)O. The van der Waals surface area contributed by atoms with Gasteiger partial charge in [0, 0.05) is 5.92 Å². The molecule has 0 spiro atoms. The van der Waals surface area contributed by atoms with Gasteiger partial charge in [0.25, 0.3) is 0 Å². The van der Waals surface area contributed by atoms with Gasteiger partial charge < -0.3 is 19.9 Å². The second-order valence-electron chi connectivity index (χ2n) is 8.96. The van der Waals surface area contributed by atoms with Crippen LogP contribution in [0.25, 0.3) is 11.1 Å². The van der Waals surface area contributed by atoms with Gasteiger partial charge in [-0.05, 0) is 55.9 Å². The number of carboxylic acid groups (broad SMARTS) is 1. The molecule has 34 heavy (non-hydrogen) atoms. The summed E-state index contributed by atoms with van der Waals surface area (Å²) in [5, 5.41) is 11.8. The fourth-order valence-electron chi connectivity index (χ4n) is 3.81. The van der Waals surface area contributed by atoms with E-state index in [1.807, 2.05) is 48.5 Å². The van der Waals surface area contributed by atoms with Crippen molar-refractivity contribution in [3.8, 4) is 11.1 Å². The van der Waals surface area contributed by atoms with Crippen molar-refractivity contribution in [3.63, 3.8) is 0 Å². The summed E-state index contributed by atoms with van der Waals surface area (Å²) >= 11 is 0. The Bertz CT molecular complexity index is 986. The van der Waals surface area contributed by atoms with Crippen LogP contribution in [0, 0.1) is 0 Å². The topological polar surface area (TPSA) is 123 Å². The highest BCUT2D eigenvalue weighted by Crippen LogP contribution is 2.44. The number of hydrogen-bond donors (Lipinski definition) is 3. The number of carbonyl (C=O) groups excluding carboxylic acids is 2. The summed E-state index contributed by atoms with van der Waals surface area (Å²) in [7, 11) is 0. The Morgan fingerprint density at radius 1 is 0.971 bits per heavy atom. The van der Waals surface area contributed by atoms with Gasteiger partial charge in [0.1, 0.15) is 18.2 Å². The minimum absolute atomic E-state index is 0.0510. The summed E-state index contributed by atoms with van der Waals surface area (Å²) in [4.78, 5) is 40.4. The monoisotopic (exact) mass is 470 g/mol. The first kappa shape index (κ1) is 25.0. The van der Waals surface area contributed by atoms with Gasteiger partial charge in [0.2, 0.25) is 0 Å². The maximum absolute atomic E-state index is 12.3. The number of alkyl carbamates (subject to hydrolysis) is 1. The first-order valence-corrected chi connectivity index (χ1v) is 11.1. The molecule has 0 radical (unpaired) electrons. The summed E-state index contributed by atoms with van der Waals surface area (Å²) < 4.78 is 10.4. The maximum Gasteiger partial charge on any atom is 0.431 e. The largest absolute Gasteiger partial charge is 0.480 e. The summed E-state index contributed by atoms with van der Waals surface area (Å²) in [5.74, 6) is -1.30. The molecular weight excluding hydrogens is 440 g/mol. The Labute approximate surface area is 198 Å². The zero-order valence-electron chi connectivity index (χ0n) is 19.5. The second kappa shape index (κ2) is 11.0. The van der Waals surface area contributed by atoms with Crippen molar-refractivity contribution in [3.05, 3.63) is 59.7 Å². The van der Waals surface area contributed by atoms with Gasteiger partial charge in [-0.2, -0.15) is 5.48 Å². The van der Waals surface area contributed by atoms with Crippen LogP contribution in [0.3, 0.4) is 0 Å². The van der Waals surface area contributed by atoms with E-state index >= 15 is 0 Å². The van der Waals surface area contributed by atoms with Gasteiger partial charge in [-0.1, -0.05) is 48.5 Å². The molecule has 182 valence electrons. The molecule has 2 aromatic carbocycles. The van der Waals surface area contributed by atoms with Crippen LogP contribution in [0.5, 0.6) is 0 Å². The van der Waals surface area contributed by atoms with Crippen molar-refractivity contribution in [2.45, 2.75) is 51.2 Å². The number of aliphatic carboxylic acids is 1. The van der Waals surface area contributed by atoms with E-state index in [1.54, 1.807) is 20.8 Å². The molecular formula is C25H30N2O7. The molecule has 3 N–H and O–H groups in total. The number of ether oxygens (including phenoxy) is 2. The zero-order chi connectivity index (χ0) is 24.7.